The molecule has 0 unspecified atom stereocenters. The minimum atomic E-state index is -0.437. The number of carbonyl (C=O) groups is 1. The van der Waals surface area contributed by atoms with Gasteiger partial charge in [0, 0.05) is 19.4 Å². The molecule has 0 aromatic carbocycles. The van der Waals surface area contributed by atoms with E-state index in [2.05, 4.69) is 14.9 Å². The summed E-state index contributed by atoms with van der Waals surface area (Å²) in [5.74, 6) is 0.139. The van der Waals surface area contributed by atoms with Crippen molar-refractivity contribution in [1.29, 1.82) is 0 Å². The zero-order valence-corrected chi connectivity index (χ0v) is 12.0. The van der Waals surface area contributed by atoms with Gasteiger partial charge in [-0.25, -0.2) is 0 Å². The molecular formula is C14H22N4O. The molecule has 0 radical (unpaired) electrons. The van der Waals surface area contributed by atoms with Crippen molar-refractivity contribution < 1.29 is 4.79 Å². The molecule has 2 heterocycles. The van der Waals surface area contributed by atoms with Crippen molar-refractivity contribution in [2.45, 2.75) is 38.8 Å². The average molecular weight is 262 g/mol. The monoisotopic (exact) mass is 262 g/mol. The van der Waals surface area contributed by atoms with Gasteiger partial charge in [0.25, 0.3) is 0 Å². The lowest BCUT2D eigenvalue weighted by Crippen LogP contribution is -2.54. The third kappa shape index (κ3) is 3.10. The number of aromatic nitrogens is 2. The van der Waals surface area contributed by atoms with Gasteiger partial charge in [0.1, 0.15) is 0 Å². The molecule has 0 aliphatic carbocycles. The maximum atomic E-state index is 12.6. The van der Waals surface area contributed by atoms with Crippen molar-refractivity contribution in [2.75, 3.05) is 20.1 Å². The number of hydrogen-bond acceptors (Lipinski definition) is 4. The Hall–Kier alpha value is -1.49. The van der Waals surface area contributed by atoms with Crippen LogP contribution in [0.25, 0.3) is 0 Å². The van der Waals surface area contributed by atoms with Crippen LogP contribution in [0.4, 0.5) is 0 Å². The Morgan fingerprint density at radius 3 is 2.63 bits per heavy atom. The maximum absolute atomic E-state index is 12.6. The first-order valence-corrected chi connectivity index (χ1v) is 6.77. The lowest BCUT2D eigenvalue weighted by molar-refractivity contribution is -0.141. The third-order valence-electron chi connectivity index (χ3n) is 3.78. The molecule has 1 aliphatic rings. The molecule has 1 amide bonds. The molecule has 19 heavy (non-hydrogen) atoms. The van der Waals surface area contributed by atoms with Gasteiger partial charge in [-0.05, 0) is 39.8 Å². The Bertz CT molecular complexity index is 426. The zero-order valence-electron chi connectivity index (χ0n) is 12.0. The van der Waals surface area contributed by atoms with E-state index in [1.54, 1.807) is 23.5 Å². The molecule has 0 saturated carbocycles. The Labute approximate surface area is 114 Å². The van der Waals surface area contributed by atoms with Crippen LogP contribution >= 0.6 is 0 Å². The zero-order chi connectivity index (χ0) is 13.9. The van der Waals surface area contributed by atoms with Crippen molar-refractivity contribution in [1.82, 2.24) is 19.8 Å². The number of carbonyl (C=O) groups excluding carboxylic acids is 1. The highest BCUT2D eigenvalue weighted by molar-refractivity contribution is 5.85. The Balaban J connectivity index is 2.02. The Morgan fingerprint density at radius 1 is 1.37 bits per heavy atom. The fraction of sp³-hybridized carbons (Fsp3) is 0.643. The summed E-state index contributed by atoms with van der Waals surface area (Å²) in [4.78, 5) is 24.8. The van der Waals surface area contributed by atoms with Gasteiger partial charge >= 0.3 is 0 Å². The molecule has 5 heteroatoms. The highest BCUT2D eigenvalue weighted by Gasteiger charge is 2.37. The van der Waals surface area contributed by atoms with Gasteiger partial charge in [0.15, 0.2) is 0 Å². The van der Waals surface area contributed by atoms with Crippen LogP contribution in [0.1, 0.15) is 32.4 Å². The topological polar surface area (TPSA) is 49.3 Å². The normalized spacial score (nSPS) is 16.6. The summed E-state index contributed by atoms with van der Waals surface area (Å²) < 4.78 is 0. The highest BCUT2D eigenvalue weighted by atomic mass is 16.2. The highest BCUT2D eigenvalue weighted by Crippen LogP contribution is 2.23. The number of likely N-dealkylation sites (N-methyl/N-ethyl adjacent to an activating group) is 1. The summed E-state index contributed by atoms with van der Waals surface area (Å²) in [6, 6.07) is 0. The van der Waals surface area contributed by atoms with Crippen molar-refractivity contribution >= 4 is 5.91 Å². The van der Waals surface area contributed by atoms with E-state index in [0.717, 1.165) is 18.8 Å². The molecule has 1 aromatic heterocycles. The van der Waals surface area contributed by atoms with E-state index in [4.69, 9.17) is 0 Å². The quantitative estimate of drug-likeness (QED) is 0.821. The standard InChI is InChI=1S/C14H22N4O/c1-14(2,18-8-4-5-9-18)13(19)17(3)11-12-10-15-6-7-16-12/h6-7,10H,4-5,8-9,11H2,1-3H3. The fourth-order valence-corrected chi connectivity index (χ4v) is 2.60. The van der Waals surface area contributed by atoms with Gasteiger partial charge in [0.2, 0.25) is 5.91 Å². The molecule has 2 rings (SSSR count). The predicted octanol–water partition coefficient (Wildman–Crippen LogP) is 1.31. The predicted molar refractivity (Wildman–Crippen MR) is 73.4 cm³/mol. The minimum absolute atomic E-state index is 0.139. The summed E-state index contributed by atoms with van der Waals surface area (Å²) in [6.07, 6.45) is 7.36. The molecule has 0 N–H and O–H groups in total. The summed E-state index contributed by atoms with van der Waals surface area (Å²) in [7, 11) is 1.83. The molecule has 104 valence electrons. The third-order valence-corrected chi connectivity index (χ3v) is 3.78. The van der Waals surface area contributed by atoms with E-state index in [9.17, 15) is 4.79 Å². The van der Waals surface area contributed by atoms with Crippen LogP contribution in [0.2, 0.25) is 0 Å². The Morgan fingerprint density at radius 2 is 2.05 bits per heavy atom. The van der Waals surface area contributed by atoms with Crippen molar-refractivity contribution in [3.05, 3.63) is 24.3 Å². The number of hydrogen-bond donors (Lipinski definition) is 0. The molecule has 0 atom stereocenters. The summed E-state index contributed by atoms with van der Waals surface area (Å²) in [5, 5.41) is 0. The molecule has 0 bridgehead atoms. The molecule has 0 spiro atoms. The first kappa shape index (κ1) is 13.9. The van der Waals surface area contributed by atoms with Crippen LogP contribution in [0.3, 0.4) is 0 Å². The van der Waals surface area contributed by atoms with Gasteiger partial charge in [-0.1, -0.05) is 0 Å². The van der Waals surface area contributed by atoms with Gasteiger partial charge in [-0.3, -0.25) is 19.7 Å². The van der Waals surface area contributed by atoms with E-state index in [1.807, 2.05) is 20.9 Å². The van der Waals surface area contributed by atoms with Crippen LogP contribution in [0, 0.1) is 0 Å². The number of rotatable bonds is 4. The Kier molecular flexibility index (Phi) is 4.14. The van der Waals surface area contributed by atoms with Gasteiger partial charge in [-0.15, -0.1) is 0 Å². The second kappa shape index (κ2) is 5.65. The number of likely N-dealkylation sites (tertiary alicyclic amines) is 1. The van der Waals surface area contributed by atoms with Crippen LogP contribution in [0.5, 0.6) is 0 Å². The summed E-state index contributed by atoms with van der Waals surface area (Å²) in [5.41, 5.74) is 0.378. The van der Waals surface area contributed by atoms with Crippen molar-refractivity contribution in [3.8, 4) is 0 Å². The smallest absolute Gasteiger partial charge is 0.242 e. The van der Waals surface area contributed by atoms with E-state index in [0.29, 0.717) is 6.54 Å². The largest absolute Gasteiger partial charge is 0.338 e. The second-order valence-corrected chi connectivity index (χ2v) is 5.61. The second-order valence-electron chi connectivity index (χ2n) is 5.61. The summed E-state index contributed by atoms with van der Waals surface area (Å²) in [6.45, 7) is 6.54. The van der Waals surface area contributed by atoms with E-state index >= 15 is 0 Å². The van der Waals surface area contributed by atoms with E-state index in [1.165, 1.54) is 12.8 Å². The van der Waals surface area contributed by atoms with Gasteiger partial charge in [-0.2, -0.15) is 0 Å². The van der Waals surface area contributed by atoms with E-state index in [-0.39, 0.29) is 5.91 Å². The first-order chi connectivity index (χ1) is 9.01. The van der Waals surface area contributed by atoms with Crippen molar-refractivity contribution in [3.63, 3.8) is 0 Å². The lowest BCUT2D eigenvalue weighted by Gasteiger charge is -2.36. The molecule has 1 aliphatic heterocycles. The first-order valence-electron chi connectivity index (χ1n) is 6.77. The van der Waals surface area contributed by atoms with Gasteiger partial charge in [0.05, 0.1) is 24.0 Å². The molecule has 5 nitrogen and oxygen atoms in total. The van der Waals surface area contributed by atoms with Crippen LogP contribution < -0.4 is 0 Å². The van der Waals surface area contributed by atoms with Gasteiger partial charge < -0.3 is 4.90 Å². The maximum Gasteiger partial charge on any atom is 0.242 e. The SMILES string of the molecule is CN(Cc1cnccn1)C(=O)C(C)(C)N1CCCC1. The number of nitrogens with zero attached hydrogens (tertiary/aromatic N) is 4. The molecule has 1 fully saturated rings. The van der Waals surface area contributed by atoms with Crippen LogP contribution in [-0.4, -0.2) is 51.4 Å². The summed E-state index contributed by atoms with van der Waals surface area (Å²) >= 11 is 0. The molecule has 1 aromatic rings. The molecule has 1 saturated heterocycles. The lowest BCUT2D eigenvalue weighted by atomic mass is 10.0. The minimum Gasteiger partial charge on any atom is -0.338 e. The molecular weight excluding hydrogens is 240 g/mol. The average Bonchev–Trinajstić information content (AvgIpc) is 2.93. The van der Waals surface area contributed by atoms with Crippen LogP contribution in [-0.2, 0) is 11.3 Å². The van der Waals surface area contributed by atoms with Crippen LogP contribution in [0.15, 0.2) is 18.6 Å². The van der Waals surface area contributed by atoms with Crippen molar-refractivity contribution in [2.24, 2.45) is 0 Å². The number of amides is 1. The fourth-order valence-electron chi connectivity index (χ4n) is 2.60. The van der Waals surface area contributed by atoms with E-state index < -0.39 is 5.54 Å².